The van der Waals surface area contributed by atoms with Gasteiger partial charge < -0.3 is 5.73 Å². The number of hydrogen-bond acceptors (Lipinski definition) is 3. The summed E-state index contributed by atoms with van der Waals surface area (Å²) >= 11 is 0. The molecule has 0 heterocycles. The minimum absolute atomic E-state index is 0. The largest absolute Gasteiger partial charge is 0.398 e. The van der Waals surface area contributed by atoms with Crippen LogP contribution >= 0.6 is 17.0 Å². The number of fused-ring (bicyclic) bond motifs is 2. The molecule has 0 bridgehead atoms. The maximum absolute atomic E-state index is 12.2. The Morgan fingerprint density at radius 3 is 1.94 bits per heavy atom. The Balaban J connectivity index is 0.00000120. The van der Waals surface area contributed by atoms with Crippen LogP contribution in [0.3, 0.4) is 0 Å². The smallest absolute Gasteiger partial charge is 0.196 e. The average Bonchev–Trinajstić information content (AvgIpc) is 2.36. The van der Waals surface area contributed by atoms with Gasteiger partial charge in [-0.25, -0.2) is 0 Å². The molecule has 90 valence electrons. The van der Waals surface area contributed by atoms with Crippen LogP contribution in [0.4, 0.5) is 5.69 Å². The third-order valence-electron chi connectivity index (χ3n) is 2.98. The number of hydrogen-bond donors (Lipinski definition) is 1. The maximum atomic E-state index is 12.2. The predicted octanol–water partition coefficient (Wildman–Crippen LogP) is 2.62. The van der Waals surface area contributed by atoms with Crippen LogP contribution in [0.15, 0.2) is 42.5 Å². The summed E-state index contributed by atoms with van der Waals surface area (Å²) in [7, 11) is 0. The molecule has 0 aromatic heterocycles. The summed E-state index contributed by atoms with van der Waals surface area (Å²) in [5, 5.41) is 0. The first-order chi connectivity index (χ1) is 8.20. The molecule has 0 aliphatic heterocycles. The lowest BCUT2D eigenvalue weighted by molar-refractivity contribution is 0.0979. The van der Waals surface area contributed by atoms with E-state index in [2.05, 4.69) is 0 Å². The molecule has 3 rings (SSSR count). The van der Waals surface area contributed by atoms with Gasteiger partial charge >= 0.3 is 0 Å². The van der Waals surface area contributed by atoms with Crippen LogP contribution in [0.2, 0.25) is 0 Å². The molecule has 3 nitrogen and oxygen atoms in total. The first kappa shape index (κ1) is 12.5. The van der Waals surface area contributed by atoms with Gasteiger partial charge in [0.2, 0.25) is 0 Å². The molecule has 0 spiro atoms. The SMILES string of the molecule is Br.Nc1cccc2c1C(=O)c1ccccc1C2=O. The number of anilines is 1. The molecule has 2 aromatic carbocycles. The van der Waals surface area contributed by atoms with Crippen LogP contribution in [0.1, 0.15) is 31.8 Å². The number of nitrogen functional groups attached to an aromatic ring is 1. The normalized spacial score (nSPS) is 12.4. The highest BCUT2D eigenvalue weighted by Gasteiger charge is 2.30. The van der Waals surface area contributed by atoms with Crippen molar-refractivity contribution in [1.29, 1.82) is 0 Å². The number of benzene rings is 2. The molecule has 2 aromatic rings. The Hall–Kier alpha value is -1.94. The highest BCUT2D eigenvalue weighted by molar-refractivity contribution is 8.93. The van der Waals surface area contributed by atoms with Crippen LogP contribution in [-0.2, 0) is 0 Å². The van der Waals surface area contributed by atoms with E-state index in [-0.39, 0.29) is 28.5 Å². The number of carbonyl (C=O) groups excluding carboxylic acids is 2. The third kappa shape index (κ3) is 1.57. The fraction of sp³-hybridized carbons (Fsp3) is 0. The van der Waals surface area contributed by atoms with Gasteiger partial charge in [0, 0.05) is 22.4 Å². The van der Waals surface area contributed by atoms with Crippen molar-refractivity contribution in [2.75, 3.05) is 5.73 Å². The second-order valence-corrected chi connectivity index (χ2v) is 3.97. The average molecular weight is 304 g/mol. The Kier molecular flexibility index (Phi) is 3.05. The van der Waals surface area contributed by atoms with Gasteiger partial charge in [0.15, 0.2) is 11.6 Å². The summed E-state index contributed by atoms with van der Waals surface area (Å²) in [5.74, 6) is -0.309. The van der Waals surface area contributed by atoms with Crippen molar-refractivity contribution in [3.63, 3.8) is 0 Å². The van der Waals surface area contributed by atoms with E-state index in [1.54, 1.807) is 42.5 Å². The van der Waals surface area contributed by atoms with Crippen molar-refractivity contribution < 1.29 is 9.59 Å². The van der Waals surface area contributed by atoms with Gasteiger partial charge in [-0.05, 0) is 6.07 Å². The van der Waals surface area contributed by atoms with Gasteiger partial charge in [-0.3, -0.25) is 9.59 Å². The van der Waals surface area contributed by atoms with Crippen LogP contribution in [0.25, 0.3) is 0 Å². The summed E-state index contributed by atoms with van der Waals surface area (Å²) in [6, 6.07) is 11.8. The number of ketones is 2. The summed E-state index contributed by atoms with van der Waals surface area (Å²) < 4.78 is 0. The molecule has 4 heteroatoms. The van der Waals surface area contributed by atoms with Gasteiger partial charge in [0.1, 0.15) is 0 Å². The molecular weight excluding hydrogens is 294 g/mol. The van der Waals surface area contributed by atoms with E-state index in [4.69, 9.17) is 5.73 Å². The second-order valence-electron chi connectivity index (χ2n) is 3.97. The van der Waals surface area contributed by atoms with Gasteiger partial charge in [0.25, 0.3) is 0 Å². The first-order valence-electron chi connectivity index (χ1n) is 5.27. The second kappa shape index (κ2) is 4.38. The highest BCUT2D eigenvalue weighted by atomic mass is 79.9. The summed E-state index contributed by atoms with van der Waals surface area (Å²) in [4.78, 5) is 24.4. The Bertz CT molecular complexity index is 665. The molecule has 1 aliphatic rings. The zero-order valence-electron chi connectivity index (χ0n) is 9.34. The van der Waals surface area contributed by atoms with E-state index < -0.39 is 0 Å². The molecule has 0 saturated carbocycles. The predicted molar refractivity (Wildman–Crippen MR) is 74.5 cm³/mol. The fourth-order valence-electron chi connectivity index (χ4n) is 2.17. The van der Waals surface area contributed by atoms with Gasteiger partial charge in [-0.2, -0.15) is 0 Å². The minimum Gasteiger partial charge on any atom is -0.398 e. The van der Waals surface area contributed by atoms with E-state index in [0.29, 0.717) is 27.9 Å². The standard InChI is InChI=1S/C14H9NO2.BrH/c15-11-7-3-6-10-12(11)14(17)9-5-2-1-4-8(9)13(10)16;/h1-7H,15H2;1H. The van der Waals surface area contributed by atoms with E-state index in [9.17, 15) is 9.59 Å². The van der Waals surface area contributed by atoms with Gasteiger partial charge in [-0.1, -0.05) is 36.4 Å². The molecular formula is C14H10BrNO2. The zero-order valence-corrected chi connectivity index (χ0v) is 11.1. The van der Waals surface area contributed by atoms with Crippen molar-refractivity contribution in [3.8, 4) is 0 Å². The molecule has 0 atom stereocenters. The first-order valence-corrected chi connectivity index (χ1v) is 5.27. The van der Waals surface area contributed by atoms with Crippen molar-refractivity contribution in [2.24, 2.45) is 0 Å². The lowest BCUT2D eigenvalue weighted by Crippen LogP contribution is -2.22. The lowest BCUT2D eigenvalue weighted by atomic mass is 9.83. The topological polar surface area (TPSA) is 60.2 Å². The van der Waals surface area contributed by atoms with E-state index in [0.717, 1.165) is 0 Å². The Morgan fingerprint density at radius 1 is 0.722 bits per heavy atom. The zero-order chi connectivity index (χ0) is 12.0. The molecule has 0 saturated heterocycles. The summed E-state index contributed by atoms with van der Waals surface area (Å²) in [5.41, 5.74) is 7.75. The highest BCUT2D eigenvalue weighted by Crippen LogP contribution is 2.30. The quantitative estimate of drug-likeness (QED) is 0.649. The fourth-order valence-corrected chi connectivity index (χ4v) is 2.17. The van der Waals surface area contributed by atoms with Crippen molar-refractivity contribution >= 4 is 34.2 Å². The van der Waals surface area contributed by atoms with Crippen LogP contribution < -0.4 is 5.73 Å². The Labute approximate surface area is 114 Å². The monoisotopic (exact) mass is 303 g/mol. The van der Waals surface area contributed by atoms with Crippen LogP contribution in [-0.4, -0.2) is 11.6 Å². The number of nitrogens with two attached hydrogens (primary N) is 1. The Morgan fingerprint density at radius 2 is 1.28 bits per heavy atom. The van der Waals surface area contributed by atoms with E-state index >= 15 is 0 Å². The number of halogens is 1. The maximum Gasteiger partial charge on any atom is 0.196 e. The van der Waals surface area contributed by atoms with Gasteiger partial charge in [-0.15, -0.1) is 17.0 Å². The minimum atomic E-state index is -0.173. The van der Waals surface area contributed by atoms with Crippen molar-refractivity contribution in [1.82, 2.24) is 0 Å². The van der Waals surface area contributed by atoms with Crippen molar-refractivity contribution in [2.45, 2.75) is 0 Å². The molecule has 1 aliphatic carbocycles. The number of rotatable bonds is 0. The van der Waals surface area contributed by atoms with E-state index in [1.165, 1.54) is 0 Å². The van der Waals surface area contributed by atoms with Crippen molar-refractivity contribution in [3.05, 3.63) is 64.7 Å². The summed E-state index contributed by atoms with van der Waals surface area (Å²) in [6.07, 6.45) is 0. The molecule has 2 N–H and O–H groups in total. The molecule has 18 heavy (non-hydrogen) atoms. The number of carbonyl (C=O) groups is 2. The molecule has 0 unspecified atom stereocenters. The summed E-state index contributed by atoms with van der Waals surface area (Å²) in [6.45, 7) is 0. The molecule has 0 radical (unpaired) electrons. The molecule has 0 amide bonds. The van der Waals surface area contributed by atoms with Crippen LogP contribution in [0.5, 0.6) is 0 Å². The third-order valence-corrected chi connectivity index (χ3v) is 2.98. The van der Waals surface area contributed by atoms with E-state index in [1.807, 2.05) is 0 Å². The van der Waals surface area contributed by atoms with Gasteiger partial charge in [0.05, 0.1) is 5.56 Å². The van der Waals surface area contributed by atoms with Crippen LogP contribution in [0, 0.1) is 0 Å². The molecule has 0 fully saturated rings. The lowest BCUT2D eigenvalue weighted by Gasteiger charge is -2.18.